The standard InChI is InChI=1S/C9H12N2O4S/c10-9(13)5-6-11-16(14,15)8-4-2-1-3-7(8)12/h1-4,11-12H,5-6H2,(H2,10,13). The van der Waals surface area contributed by atoms with Gasteiger partial charge < -0.3 is 10.8 Å². The van der Waals surface area contributed by atoms with Crippen LogP contribution in [0.5, 0.6) is 5.75 Å². The number of hydrogen-bond acceptors (Lipinski definition) is 4. The number of phenolic OH excluding ortho intramolecular Hbond substituents is 1. The van der Waals surface area contributed by atoms with Gasteiger partial charge in [0.15, 0.2) is 0 Å². The van der Waals surface area contributed by atoms with Crippen LogP contribution in [0.2, 0.25) is 0 Å². The Balaban J connectivity index is 2.79. The van der Waals surface area contributed by atoms with E-state index in [0.29, 0.717) is 0 Å². The van der Waals surface area contributed by atoms with Crippen LogP contribution in [0.3, 0.4) is 0 Å². The average molecular weight is 244 g/mol. The van der Waals surface area contributed by atoms with Gasteiger partial charge in [-0.25, -0.2) is 13.1 Å². The van der Waals surface area contributed by atoms with E-state index in [1.165, 1.54) is 24.3 Å². The number of hydrogen-bond donors (Lipinski definition) is 3. The first-order valence-corrected chi connectivity index (χ1v) is 5.98. The maximum Gasteiger partial charge on any atom is 0.244 e. The van der Waals surface area contributed by atoms with E-state index in [2.05, 4.69) is 4.72 Å². The molecule has 1 rings (SSSR count). The van der Waals surface area contributed by atoms with Crippen molar-refractivity contribution in [3.05, 3.63) is 24.3 Å². The third kappa shape index (κ3) is 3.21. The molecule has 0 unspecified atom stereocenters. The van der Waals surface area contributed by atoms with Gasteiger partial charge in [0, 0.05) is 13.0 Å². The largest absolute Gasteiger partial charge is 0.507 e. The van der Waals surface area contributed by atoms with Gasteiger partial charge in [0.2, 0.25) is 15.9 Å². The summed E-state index contributed by atoms with van der Waals surface area (Å²) in [6.07, 6.45) is -0.0905. The molecule has 16 heavy (non-hydrogen) atoms. The second-order valence-electron chi connectivity index (χ2n) is 3.08. The fourth-order valence-electron chi connectivity index (χ4n) is 1.07. The highest BCUT2D eigenvalue weighted by atomic mass is 32.2. The molecule has 1 aromatic carbocycles. The monoisotopic (exact) mass is 244 g/mol. The summed E-state index contributed by atoms with van der Waals surface area (Å²) >= 11 is 0. The van der Waals surface area contributed by atoms with Crippen LogP contribution in [0.15, 0.2) is 29.2 Å². The summed E-state index contributed by atoms with van der Waals surface area (Å²) in [7, 11) is -3.79. The normalized spacial score (nSPS) is 11.2. The quantitative estimate of drug-likeness (QED) is 0.651. The van der Waals surface area contributed by atoms with Crippen LogP contribution in [-0.2, 0) is 14.8 Å². The molecule has 0 aliphatic heterocycles. The Bertz CT molecular complexity index is 484. The molecular weight excluding hydrogens is 232 g/mol. The average Bonchev–Trinajstić information content (AvgIpc) is 2.17. The van der Waals surface area contributed by atoms with Crippen molar-refractivity contribution in [2.45, 2.75) is 11.3 Å². The van der Waals surface area contributed by atoms with E-state index in [1.807, 2.05) is 0 Å². The van der Waals surface area contributed by atoms with Crippen molar-refractivity contribution >= 4 is 15.9 Å². The van der Waals surface area contributed by atoms with Gasteiger partial charge in [0.25, 0.3) is 0 Å². The number of benzene rings is 1. The van der Waals surface area contributed by atoms with Crippen LogP contribution < -0.4 is 10.5 Å². The number of nitrogens with one attached hydrogen (secondary N) is 1. The second kappa shape index (κ2) is 4.95. The molecule has 0 saturated heterocycles. The number of carbonyl (C=O) groups excluding carboxylic acids is 1. The van der Waals surface area contributed by atoms with Gasteiger partial charge >= 0.3 is 0 Å². The number of primary amides is 1. The smallest absolute Gasteiger partial charge is 0.244 e. The minimum Gasteiger partial charge on any atom is -0.507 e. The van der Waals surface area contributed by atoms with Crippen molar-refractivity contribution < 1.29 is 18.3 Å². The van der Waals surface area contributed by atoms with Crippen LogP contribution in [-0.4, -0.2) is 26.0 Å². The Kier molecular flexibility index (Phi) is 3.86. The Morgan fingerprint density at radius 3 is 2.56 bits per heavy atom. The van der Waals surface area contributed by atoms with Gasteiger partial charge in [-0.1, -0.05) is 12.1 Å². The number of carbonyl (C=O) groups is 1. The Morgan fingerprint density at radius 1 is 1.38 bits per heavy atom. The highest BCUT2D eigenvalue weighted by Crippen LogP contribution is 2.20. The number of sulfonamides is 1. The lowest BCUT2D eigenvalue weighted by molar-refractivity contribution is -0.117. The first-order chi connectivity index (χ1) is 7.43. The number of rotatable bonds is 5. The molecule has 0 saturated carbocycles. The molecule has 1 aromatic rings. The summed E-state index contributed by atoms with van der Waals surface area (Å²) in [6, 6.07) is 5.53. The van der Waals surface area contributed by atoms with E-state index < -0.39 is 15.9 Å². The van der Waals surface area contributed by atoms with Crippen molar-refractivity contribution in [1.82, 2.24) is 4.72 Å². The molecule has 88 valence electrons. The molecule has 4 N–H and O–H groups in total. The van der Waals surface area contributed by atoms with Crippen LogP contribution in [0.25, 0.3) is 0 Å². The van der Waals surface area contributed by atoms with E-state index in [0.717, 1.165) is 0 Å². The molecule has 0 heterocycles. The van der Waals surface area contributed by atoms with E-state index in [4.69, 9.17) is 5.73 Å². The lowest BCUT2D eigenvalue weighted by Crippen LogP contribution is -2.28. The summed E-state index contributed by atoms with van der Waals surface area (Å²) in [5.74, 6) is -0.936. The SMILES string of the molecule is NC(=O)CCNS(=O)(=O)c1ccccc1O. The zero-order chi connectivity index (χ0) is 12.2. The lowest BCUT2D eigenvalue weighted by atomic mass is 10.3. The molecule has 6 nitrogen and oxygen atoms in total. The van der Waals surface area contributed by atoms with Crippen molar-refractivity contribution in [3.8, 4) is 5.75 Å². The summed E-state index contributed by atoms with van der Waals surface area (Å²) in [5, 5.41) is 9.34. The fraction of sp³-hybridized carbons (Fsp3) is 0.222. The number of para-hydroxylation sites is 1. The number of phenols is 1. The molecule has 0 atom stereocenters. The van der Waals surface area contributed by atoms with Crippen LogP contribution in [0.1, 0.15) is 6.42 Å². The van der Waals surface area contributed by atoms with E-state index in [1.54, 1.807) is 0 Å². The molecule has 0 aliphatic carbocycles. The van der Waals surface area contributed by atoms with Crippen LogP contribution >= 0.6 is 0 Å². The second-order valence-corrected chi connectivity index (χ2v) is 4.82. The minimum atomic E-state index is -3.79. The van der Waals surface area contributed by atoms with E-state index in [-0.39, 0.29) is 23.6 Å². The summed E-state index contributed by atoms with van der Waals surface area (Å²) in [6.45, 7) is -0.0913. The predicted octanol–water partition coefficient (Wildman–Crippen LogP) is -0.454. The van der Waals surface area contributed by atoms with Gasteiger partial charge in [0.05, 0.1) is 0 Å². The third-order valence-corrected chi connectivity index (χ3v) is 3.33. The fourth-order valence-corrected chi connectivity index (χ4v) is 2.20. The highest BCUT2D eigenvalue weighted by molar-refractivity contribution is 7.89. The minimum absolute atomic E-state index is 0.0905. The number of amides is 1. The summed E-state index contributed by atoms with van der Waals surface area (Å²) < 4.78 is 25.4. The zero-order valence-electron chi connectivity index (χ0n) is 8.38. The lowest BCUT2D eigenvalue weighted by Gasteiger charge is -2.06. The molecule has 0 radical (unpaired) electrons. The van der Waals surface area contributed by atoms with Gasteiger partial charge in [-0.2, -0.15) is 0 Å². The van der Waals surface area contributed by atoms with Gasteiger partial charge in [-0.05, 0) is 12.1 Å². The molecule has 0 fully saturated rings. The summed E-state index contributed by atoms with van der Waals surface area (Å²) in [4.78, 5) is 10.2. The van der Waals surface area contributed by atoms with Crippen molar-refractivity contribution in [2.24, 2.45) is 5.73 Å². The molecular formula is C9H12N2O4S. The summed E-state index contributed by atoms with van der Waals surface area (Å²) in [5.41, 5.74) is 4.87. The number of aromatic hydroxyl groups is 1. The number of nitrogens with two attached hydrogens (primary N) is 1. The van der Waals surface area contributed by atoms with E-state index in [9.17, 15) is 18.3 Å². The van der Waals surface area contributed by atoms with Crippen LogP contribution in [0, 0.1) is 0 Å². The molecule has 0 aliphatic rings. The van der Waals surface area contributed by atoms with Gasteiger partial charge in [0.1, 0.15) is 10.6 Å². The zero-order valence-corrected chi connectivity index (χ0v) is 9.20. The third-order valence-electron chi connectivity index (χ3n) is 1.82. The molecule has 1 amide bonds. The highest BCUT2D eigenvalue weighted by Gasteiger charge is 2.17. The van der Waals surface area contributed by atoms with E-state index >= 15 is 0 Å². The Labute approximate surface area is 93.1 Å². The topological polar surface area (TPSA) is 109 Å². The van der Waals surface area contributed by atoms with Crippen LogP contribution in [0.4, 0.5) is 0 Å². The Hall–Kier alpha value is -1.60. The maximum absolute atomic E-state index is 11.6. The Morgan fingerprint density at radius 2 is 2.00 bits per heavy atom. The van der Waals surface area contributed by atoms with Crippen molar-refractivity contribution in [2.75, 3.05) is 6.54 Å². The molecule has 0 spiro atoms. The molecule has 7 heteroatoms. The first kappa shape index (κ1) is 12.5. The first-order valence-electron chi connectivity index (χ1n) is 4.49. The van der Waals surface area contributed by atoms with Gasteiger partial charge in [-0.3, -0.25) is 4.79 Å². The maximum atomic E-state index is 11.6. The van der Waals surface area contributed by atoms with Gasteiger partial charge in [-0.15, -0.1) is 0 Å². The van der Waals surface area contributed by atoms with Crippen molar-refractivity contribution in [1.29, 1.82) is 0 Å². The van der Waals surface area contributed by atoms with Crippen molar-refractivity contribution in [3.63, 3.8) is 0 Å². The predicted molar refractivity (Wildman–Crippen MR) is 57.1 cm³/mol. The molecule has 0 aromatic heterocycles. The molecule has 0 bridgehead atoms.